The Morgan fingerprint density at radius 2 is 2.25 bits per heavy atom. The Kier molecular flexibility index (Phi) is 4.38. The molecule has 0 bridgehead atoms. The quantitative estimate of drug-likeness (QED) is 0.580. The van der Waals surface area contributed by atoms with Crippen molar-refractivity contribution in [2.75, 3.05) is 18.4 Å². The highest BCUT2D eigenvalue weighted by molar-refractivity contribution is 6.39. The van der Waals surface area contributed by atoms with Crippen molar-refractivity contribution in [3.8, 4) is 12.3 Å². The number of benzene rings is 1. The van der Waals surface area contributed by atoms with Crippen LogP contribution in [0.3, 0.4) is 0 Å². The van der Waals surface area contributed by atoms with E-state index in [1.807, 2.05) is 0 Å². The first-order valence-electron chi connectivity index (χ1n) is 6.45. The standard InChI is InChI=1S/C15H16N2O3/c1-2-11-5-3-6-12(9-11)16-14(19)15(20)17-8-4-7-13(18)10-17/h1,3,5-6,9,13,18H,4,7-8,10H2,(H,16,19). The van der Waals surface area contributed by atoms with Crippen LogP contribution in [0.1, 0.15) is 18.4 Å². The van der Waals surface area contributed by atoms with Gasteiger partial charge in [0.25, 0.3) is 0 Å². The number of terminal acetylenes is 1. The predicted octanol–water partition coefficient (Wildman–Crippen LogP) is 0.590. The number of aliphatic hydroxyl groups is 1. The van der Waals surface area contributed by atoms with Crippen LogP contribution in [-0.2, 0) is 9.59 Å². The first-order chi connectivity index (χ1) is 9.60. The van der Waals surface area contributed by atoms with Gasteiger partial charge in [-0.2, -0.15) is 0 Å². The normalized spacial score (nSPS) is 18.2. The molecule has 1 heterocycles. The SMILES string of the molecule is C#Cc1cccc(NC(=O)C(=O)N2CCCC(O)C2)c1. The molecule has 0 spiro atoms. The number of nitrogens with zero attached hydrogens (tertiary/aromatic N) is 1. The number of carbonyl (C=O) groups is 2. The molecule has 20 heavy (non-hydrogen) atoms. The average Bonchev–Trinajstić information content (AvgIpc) is 2.46. The van der Waals surface area contributed by atoms with Crippen LogP contribution < -0.4 is 5.32 Å². The molecule has 0 radical (unpaired) electrons. The monoisotopic (exact) mass is 272 g/mol. The lowest BCUT2D eigenvalue weighted by Crippen LogP contribution is -2.46. The van der Waals surface area contributed by atoms with Crippen LogP contribution >= 0.6 is 0 Å². The van der Waals surface area contributed by atoms with Crippen LogP contribution in [0.25, 0.3) is 0 Å². The lowest BCUT2D eigenvalue weighted by atomic mass is 10.1. The van der Waals surface area contributed by atoms with E-state index in [1.54, 1.807) is 24.3 Å². The first-order valence-corrected chi connectivity index (χ1v) is 6.45. The average molecular weight is 272 g/mol. The molecule has 2 N–H and O–H groups in total. The van der Waals surface area contributed by atoms with Crippen molar-refractivity contribution in [1.82, 2.24) is 4.90 Å². The van der Waals surface area contributed by atoms with Gasteiger partial charge in [-0.05, 0) is 31.0 Å². The summed E-state index contributed by atoms with van der Waals surface area (Å²) in [6, 6.07) is 6.73. The second-order valence-electron chi connectivity index (χ2n) is 4.73. The van der Waals surface area contributed by atoms with E-state index in [4.69, 9.17) is 6.42 Å². The number of anilines is 1. The highest BCUT2D eigenvalue weighted by Gasteiger charge is 2.26. The predicted molar refractivity (Wildman–Crippen MR) is 74.8 cm³/mol. The van der Waals surface area contributed by atoms with Crippen molar-refractivity contribution >= 4 is 17.5 Å². The van der Waals surface area contributed by atoms with Crippen molar-refractivity contribution in [3.05, 3.63) is 29.8 Å². The minimum Gasteiger partial charge on any atom is -0.391 e. The number of likely N-dealkylation sites (tertiary alicyclic amines) is 1. The number of rotatable bonds is 1. The van der Waals surface area contributed by atoms with Gasteiger partial charge in [0.05, 0.1) is 6.10 Å². The maximum atomic E-state index is 12.0. The Labute approximate surface area is 117 Å². The number of carbonyl (C=O) groups excluding carboxylic acids is 2. The summed E-state index contributed by atoms with van der Waals surface area (Å²) in [6.07, 6.45) is 6.09. The number of β-amino-alcohol motifs (C(OH)–C–C–N with tert-alkyl or cyclic N) is 1. The van der Waals surface area contributed by atoms with Gasteiger partial charge in [-0.3, -0.25) is 9.59 Å². The van der Waals surface area contributed by atoms with Crippen molar-refractivity contribution in [2.24, 2.45) is 0 Å². The lowest BCUT2D eigenvalue weighted by molar-refractivity contribution is -0.145. The molecule has 5 heteroatoms. The Bertz CT molecular complexity index is 562. The van der Waals surface area contributed by atoms with E-state index in [2.05, 4.69) is 11.2 Å². The largest absolute Gasteiger partial charge is 0.391 e. The van der Waals surface area contributed by atoms with Crippen LogP contribution in [0.4, 0.5) is 5.69 Å². The van der Waals surface area contributed by atoms with E-state index < -0.39 is 17.9 Å². The van der Waals surface area contributed by atoms with Gasteiger partial charge < -0.3 is 15.3 Å². The molecule has 2 rings (SSSR count). The van der Waals surface area contributed by atoms with Crippen molar-refractivity contribution in [2.45, 2.75) is 18.9 Å². The molecule has 2 amide bonds. The lowest BCUT2D eigenvalue weighted by Gasteiger charge is -2.29. The molecule has 1 atom stereocenters. The van der Waals surface area contributed by atoms with Crippen LogP contribution in [0.15, 0.2) is 24.3 Å². The first kappa shape index (κ1) is 14.1. The molecule has 1 fully saturated rings. The third-order valence-corrected chi connectivity index (χ3v) is 3.17. The number of piperidine rings is 1. The van der Waals surface area contributed by atoms with E-state index in [-0.39, 0.29) is 6.54 Å². The Morgan fingerprint density at radius 1 is 1.45 bits per heavy atom. The van der Waals surface area contributed by atoms with E-state index in [1.165, 1.54) is 4.90 Å². The molecule has 5 nitrogen and oxygen atoms in total. The summed E-state index contributed by atoms with van der Waals surface area (Å²) in [5, 5.41) is 12.0. The fourth-order valence-electron chi connectivity index (χ4n) is 2.15. The third kappa shape index (κ3) is 3.37. The molecular formula is C15H16N2O3. The molecule has 1 saturated heterocycles. The topological polar surface area (TPSA) is 69.6 Å². The third-order valence-electron chi connectivity index (χ3n) is 3.17. The number of amides is 2. The molecule has 0 aliphatic carbocycles. The summed E-state index contributed by atoms with van der Waals surface area (Å²) < 4.78 is 0. The van der Waals surface area contributed by atoms with E-state index in [0.29, 0.717) is 30.6 Å². The number of hydrogen-bond acceptors (Lipinski definition) is 3. The van der Waals surface area contributed by atoms with Gasteiger partial charge in [0.2, 0.25) is 0 Å². The summed E-state index contributed by atoms with van der Waals surface area (Å²) in [6.45, 7) is 0.699. The molecule has 104 valence electrons. The summed E-state index contributed by atoms with van der Waals surface area (Å²) in [5.74, 6) is 1.11. The Morgan fingerprint density at radius 3 is 2.95 bits per heavy atom. The van der Waals surface area contributed by atoms with Gasteiger partial charge in [0, 0.05) is 24.3 Å². The van der Waals surface area contributed by atoms with Gasteiger partial charge in [-0.25, -0.2) is 0 Å². The van der Waals surface area contributed by atoms with E-state index >= 15 is 0 Å². The van der Waals surface area contributed by atoms with Crippen LogP contribution in [0.2, 0.25) is 0 Å². The second-order valence-corrected chi connectivity index (χ2v) is 4.73. The van der Waals surface area contributed by atoms with Gasteiger partial charge in [-0.15, -0.1) is 6.42 Å². The van der Waals surface area contributed by atoms with Crippen LogP contribution in [-0.4, -0.2) is 41.0 Å². The smallest absolute Gasteiger partial charge is 0.313 e. The molecule has 0 aromatic heterocycles. The van der Waals surface area contributed by atoms with Crippen LogP contribution in [0, 0.1) is 12.3 Å². The molecule has 1 aromatic carbocycles. The maximum absolute atomic E-state index is 12.0. The maximum Gasteiger partial charge on any atom is 0.313 e. The van der Waals surface area contributed by atoms with Crippen LogP contribution in [0.5, 0.6) is 0 Å². The van der Waals surface area contributed by atoms with Gasteiger partial charge >= 0.3 is 11.8 Å². The Hall–Kier alpha value is -2.32. The van der Waals surface area contributed by atoms with Crippen molar-refractivity contribution in [3.63, 3.8) is 0 Å². The highest BCUT2D eigenvalue weighted by Crippen LogP contribution is 2.12. The minimum absolute atomic E-state index is 0.205. The molecular weight excluding hydrogens is 256 g/mol. The summed E-state index contributed by atoms with van der Waals surface area (Å²) in [7, 11) is 0. The molecule has 1 unspecified atom stereocenters. The zero-order valence-corrected chi connectivity index (χ0v) is 11.0. The van der Waals surface area contributed by atoms with Gasteiger partial charge in [0.15, 0.2) is 0 Å². The van der Waals surface area contributed by atoms with Gasteiger partial charge in [0.1, 0.15) is 0 Å². The van der Waals surface area contributed by atoms with Crippen molar-refractivity contribution < 1.29 is 14.7 Å². The van der Waals surface area contributed by atoms with Crippen molar-refractivity contribution in [1.29, 1.82) is 0 Å². The fourth-order valence-corrected chi connectivity index (χ4v) is 2.15. The number of nitrogens with one attached hydrogen (secondary N) is 1. The van der Waals surface area contributed by atoms with E-state index in [0.717, 1.165) is 0 Å². The minimum atomic E-state index is -0.715. The van der Waals surface area contributed by atoms with Gasteiger partial charge in [-0.1, -0.05) is 12.0 Å². The fraction of sp³-hybridized carbons (Fsp3) is 0.333. The summed E-state index contributed by atoms with van der Waals surface area (Å²) >= 11 is 0. The second kappa shape index (κ2) is 6.22. The Balaban J connectivity index is 2.00. The number of hydrogen-bond donors (Lipinski definition) is 2. The number of aliphatic hydroxyl groups excluding tert-OH is 1. The van der Waals surface area contributed by atoms with E-state index in [9.17, 15) is 14.7 Å². The highest BCUT2D eigenvalue weighted by atomic mass is 16.3. The summed E-state index contributed by atoms with van der Waals surface area (Å²) in [5.41, 5.74) is 1.11. The molecule has 1 aliphatic heterocycles. The molecule has 0 saturated carbocycles. The summed E-state index contributed by atoms with van der Waals surface area (Å²) in [4.78, 5) is 25.2. The molecule has 1 aliphatic rings. The molecule has 1 aromatic rings. The zero-order chi connectivity index (χ0) is 14.5. The zero-order valence-electron chi connectivity index (χ0n) is 11.0.